The molecule has 0 unspecified atom stereocenters. The lowest BCUT2D eigenvalue weighted by Crippen LogP contribution is -2.24. The number of hydrogen-bond acceptors (Lipinski definition) is 4. The van der Waals surface area contributed by atoms with E-state index in [4.69, 9.17) is 9.47 Å². The van der Waals surface area contributed by atoms with Crippen molar-refractivity contribution in [2.75, 3.05) is 6.61 Å². The van der Waals surface area contributed by atoms with E-state index < -0.39 is 0 Å². The Morgan fingerprint density at radius 2 is 1.60 bits per heavy atom. The lowest BCUT2D eigenvalue weighted by atomic mass is 10.2. The Morgan fingerprint density at radius 3 is 2.33 bits per heavy atom. The highest BCUT2D eigenvalue weighted by molar-refractivity contribution is 9.11. The number of nitrogens with zero attached hydrogens (tertiary/aromatic N) is 1. The number of hydrogen-bond donors (Lipinski definition) is 1. The Kier molecular flexibility index (Phi) is 8.48. The highest BCUT2D eigenvalue weighted by Gasteiger charge is 2.07. The fourth-order valence-corrected chi connectivity index (χ4v) is 3.97. The van der Waals surface area contributed by atoms with E-state index >= 15 is 0 Å². The van der Waals surface area contributed by atoms with Crippen molar-refractivity contribution in [3.05, 3.63) is 91.3 Å². The smallest absolute Gasteiger partial charge is 0.277 e. The van der Waals surface area contributed by atoms with E-state index in [0.29, 0.717) is 18.1 Å². The molecular weight excluding hydrogens is 580 g/mol. The third-order valence-corrected chi connectivity index (χ3v) is 5.46. The summed E-state index contributed by atoms with van der Waals surface area (Å²) < 4.78 is 14.0. The van der Waals surface area contributed by atoms with Crippen molar-refractivity contribution < 1.29 is 14.3 Å². The van der Waals surface area contributed by atoms with Crippen LogP contribution in [0.25, 0.3) is 0 Å². The van der Waals surface area contributed by atoms with E-state index in [9.17, 15) is 4.79 Å². The summed E-state index contributed by atoms with van der Waals surface area (Å²) in [5.41, 5.74) is 4.26. The van der Waals surface area contributed by atoms with Crippen molar-refractivity contribution >= 4 is 59.9 Å². The molecule has 0 aliphatic rings. The highest BCUT2D eigenvalue weighted by atomic mass is 79.9. The maximum atomic E-state index is 12.0. The summed E-state index contributed by atoms with van der Waals surface area (Å²) in [6.45, 7) is 0.277. The largest absolute Gasteiger partial charge is 0.488 e. The maximum absolute atomic E-state index is 12.0. The number of carbonyl (C=O) groups excluding carboxylic acids is 1. The number of halogens is 3. The normalized spacial score (nSPS) is 10.8. The summed E-state index contributed by atoms with van der Waals surface area (Å²) in [6, 6.07) is 20.9. The third-order valence-electron chi connectivity index (χ3n) is 3.85. The monoisotopic (exact) mass is 594 g/mol. The molecule has 0 bridgehead atoms. The minimum Gasteiger partial charge on any atom is -0.488 e. The molecule has 0 radical (unpaired) electrons. The molecule has 3 aromatic rings. The van der Waals surface area contributed by atoms with Crippen LogP contribution in [-0.4, -0.2) is 18.7 Å². The molecule has 0 aliphatic carbocycles. The molecule has 0 atom stereocenters. The second-order valence-electron chi connectivity index (χ2n) is 6.11. The van der Waals surface area contributed by atoms with Gasteiger partial charge in [-0.3, -0.25) is 4.79 Å². The summed E-state index contributed by atoms with van der Waals surface area (Å²) in [5.74, 6) is 0.860. The van der Waals surface area contributed by atoms with E-state index in [1.165, 1.54) is 0 Å². The van der Waals surface area contributed by atoms with Crippen LogP contribution < -0.4 is 14.9 Å². The Labute approximate surface area is 199 Å². The van der Waals surface area contributed by atoms with E-state index in [1.54, 1.807) is 12.3 Å². The van der Waals surface area contributed by atoms with Gasteiger partial charge in [0, 0.05) is 14.5 Å². The third kappa shape index (κ3) is 6.97. The van der Waals surface area contributed by atoms with Gasteiger partial charge in [0.1, 0.15) is 18.1 Å². The number of benzene rings is 3. The molecule has 0 saturated carbocycles. The molecule has 8 heteroatoms. The second-order valence-corrected chi connectivity index (χ2v) is 8.80. The van der Waals surface area contributed by atoms with Gasteiger partial charge >= 0.3 is 0 Å². The van der Waals surface area contributed by atoms with Crippen LogP contribution in [0.2, 0.25) is 0 Å². The first kappa shape index (κ1) is 22.5. The molecule has 0 spiro atoms. The molecule has 1 N–H and O–H groups in total. The van der Waals surface area contributed by atoms with Crippen LogP contribution in [-0.2, 0) is 11.4 Å². The van der Waals surface area contributed by atoms with Gasteiger partial charge in [-0.2, -0.15) is 5.10 Å². The second kappa shape index (κ2) is 11.3. The number of carbonyl (C=O) groups is 1. The van der Waals surface area contributed by atoms with Gasteiger partial charge in [-0.05, 0) is 57.9 Å². The average molecular weight is 597 g/mol. The molecule has 0 heterocycles. The van der Waals surface area contributed by atoms with E-state index in [0.717, 1.165) is 24.5 Å². The first-order valence-electron chi connectivity index (χ1n) is 8.87. The van der Waals surface area contributed by atoms with Crippen LogP contribution in [0.15, 0.2) is 85.2 Å². The molecule has 3 aromatic carbocycles. The van der Waals surface area contributed by atoms with Crippen molar-refractivity contribution in [1.29, 1.82) is 0 Å². The number of rotatable bonds is 8. The summed E-state index contributed by atoms with van der Waals surface area (Å²) in [7, 11) is 0. The molecule has 0 saturated heterocycles. The van der Waals surface area contributed by atoms with Gasteiger partial charge < -0.3 is 9.47 Å². The van der Waals surface area contributed by atoms with Gasteiger partial charge in [0.2, 0.25) is 0 Å². The fourth-order valence-electron chi connectivity index (χ4n) is 2.43. The molecule has 30 heavy (non-hydrogen) atoms. The van der Waals surface area contributed by atoms with Gasteiger partial charge in [0.05, 0.1) is 10.7 Å². The zero-order valence-electron chi connectivity index (χ0n) is 15.6. The summed E-state index contributed by atoms with van der Waals surface area (Å²) in [6.07, 6.45) is 1.54. The van der Waals surface area contributed by atoms with E-state index in [2.05, 4.69) is 58.3 Å². The van der Waals surface area contributed by atoms with Gasteiger partial charge in [-0.15, -0.1) is 0 Å². The van der Waals surface area contributed by atoms with Crippen LogP contribution in [0.1, 0.15) is 11.1 Å². The summed E-state index contributed by atoms with van der Waals surface area (Å²) >= 11 is 10.2. The predicted octanol–water partition coefficient (Wildman–Crippen LogP) is 6.08. The number of ether oxygens (including phenoxy) is 2. The predicted molar refractivity (Wildman–Crippen MR) is 128 cm³/mol. The topological polar surface area (TPSA) is 59.9 Å². The van der Waals surface area contributed by atoms with Gasteiger partial charge in [0.25, 0.3) is 5.91 Å². The van der Waals surface area contributed by atoms with E-state index in [-0.39, 0.29) is 12.5 Å². The Balaban J connectivity index is 1.56. The van der Waals surface area contributed by atoms with Gasteiger partial charge in [-0.25, -0.2) is 5.43 Å². The average Bonchev–Trinajstić information content (AvgIpc) is 2.73. The Morgan fingerprint density at radius 1 is 0.900 bits per heavy atom. The number of amides is 1. The SMILES string of the molecule is O=C(COc1ccc(Br)cc1Br)N/N=C/c1cc(Br)ccc1OCc1ccccc1. The first-order chi connectivity index (χ1) is 14.5. The molecule has 0 aromatic heterocycles. The quantitative estimate of drug-likeness (QED) is 0.253. The van der Waals surface area contributed by atoms with Crippen LogP contribution in [0, 0.1) is 0 Å². The minimum absolute atomic E-state index is 0.159. The minimum atomic E-state index is -0.372. The molecule has 1 amide bonds. The Hall–Kier alpha value is -2.16. The van der Waals surface area contributed by atoms with Crippen molar-refractivity contribution in [2.45, 2.75) is 6.61 Å². The maximum Gasteiger partial charge on any atom is 0.277 e. The lowest BCUT2D eigenvalue weighted by Gasteiger charge is -2.10. The highest BCUT2D eigenvalue weighted by Crippen LogP contribution is 2.28. The molecule has 5 nitrogen and oxygen atoms in total. The van der Waals surface area contributed by atoms with Crippen LogP contribution >= 0.6 is 47.8 Å². The fraction of sp³-hybridized carbons (Fsp3) is 0.0909. The van der Waals surface area contributed by atoms with Gasteiger partial charge in [-0.1, -0.05) is 62.2 Å². The van der Waals surface area contributed by atoms with Crippen LogP contribution in [0.5, 0.6) is 11.5 Å². The van der Waals surface area contributed by atoms with Crippen molar-refractivity contribution in [2.24, 2.45) is 5.10 Å². The van der Waals surface area contributed by atoms with Gasteiger partial charge in [0.15, 0.2) is 6.61 Å². The lowest BCUT2D eigenvalue weighted by molar-refractivity contribution is -0.123. The molecular formula is C22H17Br3N2O3. The molecule has 3 rings (SSSR count). The van der Waals surface area contributed by atoms with Crippen molar-refractivity contribution in [3.8, 4) is 11.5 Å². The zero-order chi connectivity index (χ0) is 21.3. The van der Waals surface area contributed by atoms with Crippen molar-refractivity contribution in [3.63, 3.8) is 0 Å². The first-order valence-corrected chi connectivity index (χ1v) is 11.3. The molecule has 0 fully saturated rings. The molecule has 0 aliphatic heterocycles. The van der Waals surface area contributed by atoms with Crippen LogP contribution in [0.4, 0.5) is 0 Å². The molecule has 154 valence electrons. The van der Waals surface area contributed by atoms with E-state index in [1.807, 2.05) is 60.7 Å². The summed E-state index contributed by atoms with van der Waals surface area (Å²) in [5, 5.41) is 4.02. The van der Waals surface area contributed by atoms with Crippen LogP contribution in [0.3, 0.4) is 0 Å². The number of nitrogens with one attached hydrogen (secondary N) is 1. The Bertz CT molecular complexity index is 1040. The number of hydrazone groups is 1. The zero-order valence-corrected chi connectivity index (χ0v) is 20.4. The van der Waals surface area contributed by atoms with Crippen molar-refractivity contribution in [1.82, 2.24) is 5.43 Å². The summed E-state index contributed by atoms with van der Waals surface area (Å²) in [4.78, 5) is 12.0. The standard InChI is InChI=1S/C22H17Br3N2O3/c23-17-6-8-20(29-13-15-4-2-1-3-5-15)16(10-17)12-26-27-22(28)14-30-21-9-7-18(24)11-19(21)25/h1-12H,13-14H2,(H,27,28)/b26-12+.